The lowest BCUT2D eigenvalue weighted by Gasteiger charge is -2.29. The summed E-state index contributed by atoms with van der Waals surface area (Å²) >= 11 is 0. The van der Waals surface area contributed by atoms with Crippen LogP contribution in [-0.4, -0.2) is 37.0 Å². The summed E-state index contributed by atoms with van der Waals surface area (Å²) < 4.78 is 4.97. The highest BCUT2D eigenvalue weighted by Gasteiger charge is 2.35. The van der Waals surface area contributed by atoms with Crippen LogP contribution in [0.2, 0.25) is 0 Å². The predicted molar refractivity (Wildman–Crippen MR) is 95.8 cm³/mol. The van der Waals surface area contributed by atoms with Crippen LogP contribution < -0.4 is 10.6 Å². The van der Waals surface area contributed by atoms with Crippen molar-refractivity contribution in [2.75, 3.05) is 13.2 Å². The molecule has 0 spiro atoms. The molecule has 6 heteroatoms. The van der Waals surface area contributed by atoms with E-state index in [4.69, 9.17) is 4.74 Å². The molecule has 138 valence electrons. The Morgan fingerprint density at radius 1 is 1.08 bits per heavy atom. The monoisotopic (exact) mass is 348 g/mol. The molecule has 0 unspecified atom stereocenters. The smallest absolute Gasteiger partial charge is 0.329 e. The fraction of sp³-hybridized carbons (Fsp3) is 0.526. The minimum Gasteiger partial charge on any atom is -0.464 e. The number of esters is 1. The van der Waals surface area contributed by atoms with Gasteiger partial charge in [-0.3, -0.25) is 9.59 Å². The Kier molecular flexibility index (Phi) is 8.11. The molecule has 0 aromatic heterocycles. The molecule has 0 bridgehead atoms. The van der Waals surface area contributed by atoms with E-state index in [9.17, 15) is 14.4 Å². The van der Waals surface area contributed by atoms with Gasteiger partial charge >= 0.3 is 17.8 Å². The molecule has 1 aromatic rings. The topological polar surface area (TPSA) is 84.5 Å². The molecule has 0 heterocycles. The van der Waals surface area contributed by atoms with Gasteiger partial charge in [0.2, 0.25) is 0 Å². The molecule has 0 radical (unpaired) electrons. The maximum absolute atomic E-state index is 12.0. The van der Waals surface area contributed by atoms with Gasteiger partial charge in [0, 0.05) is 6.54 Å². The number of hydrogen-bond donors (Lipinski definition) is 2. The van der Waals surface area contributed by atoms with Crippen molar-refractivity contribution in [2.45, 2.75) is 46.6 Å². The molecule has 2 N–H and O–H groups in total. The van der Waals surface area contributed by atoms with Crippen molar-refractivity contribution >= 4 is 17.8 Å². The van der Waals surface area contributed by atoms with E-state index in [-0.39, 0.29) is 6.61 Å². The van der Waals surface area contributed by atoms with E-state index in [1.807, 2.05) is 30.3 Å². The summed E-state index contributed by atoms with van der Waals surface area (Å²) in [6.07, 6.45) is 1.54. The number of benzene rings is 1. The van der Waals surface area contributed by atoms with Crippen molar-refractivity contribution in [1.82, 2.24) is 10.6 Å². The molecule has 0 saturated carbocycles. The normalized spacial score (nSPS) is 12.2. The molecular weight excluding hydrogens is 320 g/mol. The molecule has 0 aliphatic heterocycles. The zero-order valence-corrected chi connectivity index (χ0v) is 15.4. The molecule has 0 aliphatic rings. The van der Waals surface area contributed by atoms with Crippen molar-refractivity contribution < 1.29 is 19.1 Å². The van der Waals surface area contributed by atoms with Crippen LogP contribution in [0.4, 0.5) is 0 Å². The summed E-state index contributed by atoms with van der Waals surface area (Å²) in [6.45, 7) is 7.69. The Morgan fingerprint density at radius 2 is 1.72 bits per heavy atom. The molecular formula is C19H28N2O4. The molecule has 1 atom stereocenters. The Hall–Kier alpha value is -2.37. The number of ether oxygens (including phenoxy) is 1. The highest BCUT2D eigenvalue weighted by Crippen LogP contribution is 2.20. The first-order valence-electron chi connectivity index (χ1n) is 8.55. The van der Waals surface area contributed by atoms with Gasteiger partial charge in [-0.05, 0) is 30.7 Å². The number of rotatable bonds is 7. The van der Waals surface area contributed by atoms with Gasteiger partial charge in [0.25, 0.3) is 0 Å². The highest BCUT2D eigenvalue weighted by molar-refractivity contribution is 6.35. The van der Waals surface area contributed by atoms with Crippen LogP contribution in [0.25, 0.3) is 0 Å². The van der Waals surface area contributed by atoms with Crippen LogP contribution in [0, 0.1) is 5.41 Å². The van der Waals surface area contributed by atoms with E-state index in [0.29, 0.717) is 6.54 Å². The number of amides is 2. The lowest BCUT2D eigenvalue weighted by molar-refractivity contribution is -0.151. The van der Waals surface area contributed by atoms with E-state index in [0.717, 1.165) is 12.8 Å². The lowest BCUT2D eigenvalue weighted by Crippen LogP contribution is -2.53. The standard InChI is InChI=1S/C19H28N2O4/c1-5-25-18(24)15(19(2,3)4)21-17(23)16(22)20-13-9-12-14-10-7-6-8-11-14/h6-8,10-11,15H,5,9,12-13H2,1-4H3,(H,20,22)(H,21,23)/t15-/m1/s1. The van der Waals surface area contributed by atoms with Crippen molar-refractivity contribution in [1.29, 1.82) is 0 Å². The van der Waals surface area contributed by atoms with Crippen LogP contribution in [0.1, 0.15) is 39.7 Å². The summed E-state index contributed by atoms with van der Waals surface area (Å²) in [4.78, 5) is 36.0. The summed E-state index contributed by atoms with van der Waals surface area (Å²) in [7, 11) is 0. The largest absolute Gasteiger partial charge is 0.464 e. The zero-order chi connectivity index (χ0) is 18.9. The van der Waals surface area contributed by atoms with Crippen LogP contribution in [-0.2, 0) is 25.5 Å². The average molecular weight is 348 g/mol. The summed E-state index contributed by atoms with van der Waals surface area (Å²) in [6, 6.07) is 9.02. The molecule has 1 rings (SSSR count). The zero-order valence-electron chi connectivity index (χ0n) is 15.4. The molecule has 0 saturated heterocycles. The van der Waals surface area contributed by atoms with Gasteiger partial charge in [-0.2, -0.15) is 0 Å². The molecule has 2 amide bonds. The summed E-state index contributed by atoms with van der Waals surface area (Å²) in [5.41, 5.74) is 0.617. The lowest BCUT2D eigenvalue weighted by atomic mass is 9.86. The van der Waals surface area contributed by atoms with Crippen LogP contribution in [0.3, 0.4) is 0 Å². The molecule has 1 aromatic carbocycles. The van der Waals surface area contributed by atoms with Gasteiger partial charge in [-0.1, -0.05) is 51.1 Å². The van der Waals surface area contributed by atoms with E-state index in [2.05, 4.69) is 10.6 Å². The minimum absolute atomic E-state index is 0.215. The number of carbonyl (C=O) groups is 3. The number of hydrogen-bond acceptors (Lipinski definition) is 4. The first kappa shape index (κ1) is 20.7. The van der Waals surface area contributed by atoms with Gasteiger partial charge in [-0.15, -0.1) is 0 Å². The second kappa shape index (κ2) is 9.81. The third-order valence-electron chi connectivity index (χ3n) is 3.64. The van der Waals surface area contributed by atoms with Gasteiger partial charge < -0.3 is 15.4 Å². The molecule has 0 aliphatic carbocycles. The van der Waals surface area contributed by atoms with Crippen molar-refractivity contribution in [2.24, 2.45) is 5.41 Å². The van der Waals surface area contributed by atoms with Crippen molar-refractivity contribution in [3.63, 3.8) is 0 Å². The van der Waals surface area contributed by atoms with Gasteiger partial charge in [0.1, 0.15) is 6.04 Å². The quantitative estimate of drug-likeness (QED) is 0.447. The SMILES string of the molecule is CCOC(=O)[C@@H](NC(=O)C(=O)NCCCc1ccccc1)C(C)(C)C. The third kappa shape index (κ3) is 7.37. The maximum Gasteiger partial charge on any atom is 0.329 e. The van der Waals surface area contributed by atoms with Gasteiger partial charge in [-0.25, -0.2) is 4.79 Å². The number of carbonyl (C=O) groups excluding carboxylic acids is 3. The van der Waals surface area contributed by atoms with Crippen LogP contribution in [0.15, 0.2) is 30.3 Å². The average Bonchev–Trinajstić information content (AvgIpc) is 2.56. The Morgan fingerprint density at radius 3 is 2.28 bits per heavy atom. The maximum atomic E-state index is 12.0. The number of aryl methyl sites for hydroxylation is 1. The van der Waals surface area contributed by atoms with Crippen molar-refractivity contribution in [3.05, 3.63) is 35.9 Å². The van der Waals surface area contributed by atoms with E-state index < -0.39 is 29.2 Å². The second-order valence-corrected chi connectivity index (χ2v) is 6.87. The Balaban J connectivity index is 2.45. The van der Waals surface area contributed by atoms with E-state index >= 15 is 0 Å². The van der Waals surface area contributed by atoms with Gasteiger partial charge in [0.15, 0.2) is 0 Å². The third-order valence-corrected chi connectivity index (χ3v) is 3.64. The van der Waals surface area contributed by atoms with E-state index in [1.54, 1.807) is 27.7 Å². The van der Waals surface area contributed by atoms with Crippen molar-refractivity contribution in [3.8, 4) is 0 Å². The van der Waals surface area contributed by atoms with Crippen LogP contribution >= 0.6 is 0 Å². The predicted octanol–water partition coefficient (Wildman–Crippen LogP) is 1.83. The fourth-order valence-electron chi connectivity index (χ4n) is 2.27. The minimum atomic E-state index is -0.880. The Labute approximate surface area is 149 Å². The van der Waals surface area contributed by atoms with Gasteiger partial charge in [0.05, 0.1) is 6.61 Å². The molecule has 0 fully saturated rings. The molecule has 6 nitrogen and oxygen atoms in total. The fourth-order valence-corrected chi connectivity index (χ4v) is 2.27. The molecule has 25 heavy (non-hydrogen) atoms. The summed E-state index contributed by atoms with van der Waals surface area (Å²) in [5, 5.41) is 5.05. The number of nitrogens with one attached hydrogen (secondary N) is 2. The summed E-state index contributed by atoms with van der Waals surface area (Å²) in [5.74, 6) is -2.11. The Bertz CT molecular complexity index is 579. The first-order chi connectivity index (χ1) is 11.8. The van der Waals surface area contributed by atoms with Crippen LogP contribution in [0.5, 0.6) is 0 Å². The second-order valence-electron chi connectivity index (χ2n) is 6.87. The van der Waals surface area contributed by atoms with E-state index in [1.165, 1.54) is 5.56 Å². The first-order valence-corrected chi connectivity index (χ1v) is 8.55. The highest BCUT2D eigenvalue weighted by atomic mass is 16.5.